The van der Waals surface area contributed by atoms with Crippen molar-refractivity contribution in [2.24, 2.45) is 0 Å². The second-order valence-electron chi connectivity index (χ2n) is 5.02. The summed E-state index contributed by atoms with van der Waals surface area (Å²) < 4.78 is 31.0. The molecule has 0 bridgehead atoms. The molecule has 1 heterocycles. The van der Waals surface area contributed by atoms with E-state index in [9.17, 15) is 8.42 Å². The Morgan fingerprint density at radius 2 is 1.65 bits per heavy atom. The smallest absolute Gasteiger partial charge is 0.284 e. The van der Waals surface area contributed by atoms with Crippen molar-refractivity contribution in [2.45, 2.75) is 11.8 Å². The quantitative estimate of drug-likeness (QED) is 0.735. The van der Waals surface area contributed by atoms with Crippen LogP contribution in [0, 0.1) is 6.92 Å². The van der Waals surface area contributed by atoms with E-state index in [0.29, 0.717) is 11.4 Å². The number of hydrogen-bond acceptors (Lipinski definition) is 5. The highest BCUT2D eigenvalue weighted by Crippen LogP contribution is 2.21. The first-order valence-electron chi connectivity index (χ1n) is 6.90. The molecule has 0 N–H and O–H groups in total. The Bertz CT molecular complexity index is 914. The van der Waals surface area contributed by atoms with Crippen LogP contribution in [-0.4, -0.2) is 29.9 Å². The molecule has 1 aromatic heterocycles. The van der Waals surface area contributed by atoms with E-state index in [1.54, 1.807) is 12.1 Å². The summed E-state index contributed by atoms with van der Waals surface area (Å²) in [6, 6.07) is 13.8. The molecule has 0 aliphatic carbocycles. The van der Waals surface area contributed by atoms with Gasteiger partial charge in [0.15, 0.2) is 0 Å². The molecule has 0 unspecified atom stereocenters. The Labute approximate surface area is 134 Å². The van der Waals surface area contributed by atoms with Gasteiger partial charge >= 0.3 is 0 Å². The first-order valence-corrected chi connectivity index (χ1v) is 8.34. The van der Waals surface area contributed by atoms with E-state index in [2.05, 4.69) is 10.3 Å². The third-order valence-corrected chi connectivity index (χ3v) is 4.96. The van der Waals surface area contributed by atoms with Gasteiger partial charge in [0.05, 0.1) is 18.2 Å². The van der Waals surface area contributed by atoms with Gasteiger partial charge in [-0.3, -0.25) is 0 Å². The molecule has 118 valence electrons. The van der Waals surface area contributed by atoms with E-state index in [-0.39, 0.29) is 4.90 Å². The van der Waals surface area contributed by atoms with E-state index in [0.717, 1.165) is 15.2 Å². The molecule has 0 fully saturated rings. The second-order valence-corrected chi connectivity index (χ2v) is 6.82. The number of aromatic nitrogens is 3. The zero-order valence-corrected chi connectivity index (χ0v) is 13.5. The highest BCUT2D eigenvalue weighted by Gasteiger charge is 2.19. The van der Waals surface area contributed by atoms with Crippen LogP contribution in [0.15, 0.2) is 59.6 Å². The number of hydrogen-bond donors (Lipinski definition) is 0. The average molecular weight is 329 g/mol. The van der Waals surface area contributed by atoms with Gasteiger partial charge < -0.3 is 4.74 Å². The molecule has 0 spiro atoms. The first-order chi connectivity index (χ1) is 11.0. The lowest BCUT2D eigenvalue weighted by molar-refractivity contribution is 0.414. The molecule has 0 saturated heterocycles. The molecule has 6 nitrogen and oxygen atoms in total. The predicted octanol–water partition coefficient (Wildman–Crippen LogP) is 2.50. The van der Waals surface area contributed by atoms with E-state index in [1.165, 1.54) is 25.4 Å². The number of aryl methyl sites for hydroxylation is 1. The SMILES string of the molecule is COc1ccc(S(=O)(=O)n2cc(-c3ccc(C)cc3)nn2)cc1. The fourth-order valence-electron chi connectivity index (χ4n) is 2.08. The van der Waals surface area contributed by atoms with Crippen molar-refractivity contribution in [3.8, 4) is 17.0 Å². The minimum Gasteiger partial charge on any atom is -0.497 e. The maximum atomic E-state index is 12.6. The molecule has 0 aliphatic rings. The van der Waals surface area contributed by atoms with Crippen molar-refractivity contribution in [3.63, 3.8) is 0 Å². The van der Waals surface area contributed by atoms with Gasteiger partial charge in [-0.2, -0.15) is 8.42 Å². The Morgan fingerprint density at radius 3 is 2.26 bits per heavy atom. The summed E-state index contributed by atoms with van der Waals surface area (Å²) in [6.45, 7) is 1.98. The molecule has 0 amide bonds. The lowest BCUT2D eigenvalue weighted by Crippen LogP contribution is -2.13. The fourth-order valence-corrected chi connectivity index (χ4v) is 3.15. The second kappa shape index (κ2) is 5.85. The van der Waals surface area contributed by atoms with Crippen LogP contribution in [0.3, 0.4) is 0 Å². The Kier molecular flexibility index (Phi) is 3.87. The Morgan fingerprint density at radius 1 is 1.00 bits per heavy atom. The molecule has 0 aliphatic heterocycles. The normalized spacial score (nSPS) is 11.4. The minimum absolute atomic E-state index is 0.124. The van der Waals surface area contributed by atoms with Crippen molar-refractivity contribution in [1.82, 2.24) is 14.4 Å². The molecule has 0 radical (unpaired) electrons. The monoisotopic (exact) mass is 329 g/mol. The maximum Gasteiger partial charge on any atom is 0.284 e. The molecular formula is C16H15N3O3S. The molecule has 3 rings (SSSR count). The van der Waals surface area contributed by atoms with Crippen LogP contribution in [-0.2, 0) is 10.0 Å². The van der Waals surface area contributed by atoms with Gasteiger partial charge in [-0.1, -0.05) is 35.0 Å². The summed E-state index contributed by atoms with van der Waals surface area (Å²) in [4.78, 5) is 0.124. The van der Waals surface area contributed by atoms with E-state index in [1.807, 2.05) is 31.2 Å². The van der Waals surface area contributed by atoms with Gasteiger partial charge in [-0.25, -0.2) is 0 Å². The lowest BCUT2D eigenvalue weighted by Gasteiger charge is -2.04. The number of nitrogens with zero attached hydrogens (tertiary/aromatic N) is 3. The average Bonchev–Trinajstić information content (AvgIpc) is 3.06. The van der Waals surface area contributed by atoms with Gasteiger partial charge in [0.2, 0.25) is 0 Å². The van der Waals surface area contributed by atoms with Crippen LogP contribution in [0.2, 0.25) is 0 Å². The van der Waals surface area contributed by atoms with Crippen LogP contribution in [0.1, 0.15) is 5.56 Å². The molecule has 7 heteroatoms. The molecule has 23 heavy (non-hydrogen) atoms. The van der Waals surface area contributed by atoms with Gasteiger partial charge in [-0.15, -0.1) is 9.19 Å². The van der Waals surface area contributed by atoms with Gasteiger partial charge in [0.25, 0.3) is 10.0 Å². The number of methoxy groups -OCH3 is 1. The summed E-state index contributed by atoms with van der Waals surface area (Å²) >= 11 is 0. The van der Waals surface area contributed by atoms with Crippen LogP contribution >= 0.6 is 0 Å². The summed E-state index contributed by atoms with van der Waals surface area (Å²) in [5.74, 6) is 0.586. The largest absolute Gasteiger partial charge is 0.497 e. The van der Waals surface area contributed by atoms with Crippen molar-refractivity contribution in [2.75, 3.05) is 7.11 Å². The Hall–Kier alpha value is -2.67. The van der Waals surface area contributed by atoms with Crippen LogP contribution in [0.25, 0.3) is 11.3 Å². The lowest BCUT2D eigenvalue weighted by atomic mass is 10.1. The van der Waals surface area contributed by atoms with Gasteiger partial charge in [-0.05, 0) is 31.2 Å². The number of benzene rings is 2. The molecule has 0 atom stereocenters. The molecular weight excluding hydrogens is 314 g/mol. The van der Waals surface area contributed by atoms with Crippen molar-refractivity contribution in [1.29, 1.82) is 0 Å². The van der Waals surface area contributed by atoms with Crippen molar-refractivity contribution < 1.29 is 13.2 Å². The molecule has 0 saturated carbocycles. The highest BCUT2D eigenvalue weighted by atomic mass is 32.2. The van der Waals surface area contributed by atoms with Crippen molar-refractivity contribution >= 4 is 10.0 Å². The van der Waals surface area contributed by atoms with Crippen LogP contribution in [0.5, 0.6) is 5.75 Å². The summed E-state index contributed by atoms with van der Waals surface area (Å²) in [7, 11) is -2.25. The fraction of sp³-hybridized carbons (Fsp3) is 0.125. The van der Waals surface area contributed by atoms with E-state index < -0.39 is 10.0 Å². The van der Waals surface area contributed by atoms with Crippen molar-refractivity contribution in [3.05, 3.63) is 60.3 Å². The first kappa shape index (κ1) is 15.2. The third-order valence-electron chi connectivity index (χ3n) is 3.42. The van der Waals surface area contributed by atoms with E-state index in [4.69, 9.17) is 4.74 Å². The van der Waals surface area contributed by atoms with E-state index >= 15 is 0 Å². The maximum absolute atomic E-state index is 12.6. The predicted molar refractivity (Wildman–Crippen MR) is 85.8 cm³/mol. The number of ether oxygens (including phenoxy) is 1. The number of rotatable bonds is 4. The highest BCUT2D eigenvalue weighted by molar-refractivity contribution is 7.89. The van der Waals surface area contributed by atoms with Crippen LogP contribution in [0.4, 0.5) is 0 Å². The van der Waals surface area contributed by atoms with Gasteiger partial charge in [0, 0.05) is 5.56 Å². The minimum atomic E-state index is -3.77. The topological polar surface area (TPSA) is 74.1 Å². The summed E-state index contributed by atoms with van der Waals surface area (Å²) in [6.07, 6.45) is 1.41. The van der Waals surface area contributed by atoms with Crippen LogP contribution < -0.4 is 4.74 Å². The zero-order chi connectivity index (χ0) is 16.4. The van der Waals surface area contributed by atoms with Gasteiger partial charge in [0.1, 0.15) is 11.4 Å². The molecule has 2 aromatic carbocycles. The summed E-state index contributed by atoms with van der Waals surface area (Å²) in [5, 5.41) is 7.70. The standard InChI is InChI=1S/C16H15N3O3S/c1-12-3-5-13(6-4-12)16-11-19(18-17-16)23(20,21)15-9-7-14(22-2)8-10-15/h3-11H,1-2H3. The Balaban J connectivity index is 1.96. The molecule has 3 aromatic rings. The zero-order valence-electron chi connectivity index (χ0n) is 12.7. The summed E-state index contributed by atoms with van der Waals surface area (Å²) in [5.41, 5.74) is 2.43. The third kappa shape index (κ3) is 2.95.